The molecule has 19 heteroatoms. The SMILES string of the molecule is CCN(CC)CC.C[C@H]1[C@H](NC(=O)/C(=N\OCc2ccc(C(=O)N/N=C/c3ccc(O)cc3O)cc2)c2csc(N)n2)C(=O)N1S(=O)(=O)O. The molecule has 1 aliphatic heterocycles. The Morgan fingerprint density at radius 2 is 1.78 bits per heavy atom. The summed E-state index contributed by atoms with van der Waals surface area (Å²) < 4.78 is 32.0. The summed E-state index contributed by atoms with van der Waals surface area (Å²) in [4.78, 5) is 49.1. The van der Waals surface area contributed by atoms with Gasteiger partial charge in [0.2, 0.25) is 0 Å². The highest BCUT2D eigenvalue weighted by molar-refractivity contribution is 7.84. The Hall–Kier alpha value is -5.11. The van der Waals surface area contributed by atoms with Gasteiger partial charge in [0.05, 0.1) is 12.3 Å². The van der Waals surface area contributed by atoms with Gasteiger partial charge in [-0.1, -0.05) is 38.1 Å². The van der Waals surface area contributed by atoms with Crippen LogP contribution in [0.15, 0.2) is 58.1 Å². The summed E-state index contributed by atoms with van der Waals surface area (Å²) in [6.07, 6.45) is 1.21. The smallest absolute Gasteiger partial charge is 0.362 e. The van der Waals surface area contributed by atoms with Crippen LogP contribution in [0.25, 0.3) is 0 Å². The summed E-state index contributed by atoms with van der Waals surface area (Å²) in [6, 6.07) is 7.74. The normalized spacial score (nSPS) is 16.2. The number of hydrogen-bond acceptors (Lipinski definition) is 14. The van der Waals surface area contributed by atoms with Crippen LogP contribution in [0, 0.1) is 0 Å². The maximum atomic E-state index is 12.9. The molecule has 0 radical (unpaired) electrons. The van der Waals surface area contributed by atoms with Crippen LogP contribution in [0.2, 0.25) is 0 Å². The number of benzene rings is 2. The lowest BCUT2D eigenvalue weighted by Crippen LogP contribution is -2.71. The third-order valence-corrected chi connectivity index (χ3v) is 8.86. The van der Waals surface area contributed by atoms with Gasteiger partial charge in [0.1, 0.15) is 29.8 Å². The number of amides is 3. The van der Waals surface area contributed by atoms with Crippen molar-refractivity contribution in [2.75, 3.05) is 25.4 Å². The molecule has 7 N–H and O–H groups in total. The first-order valence-corrected chi connectivity index (χ1v) is 17.2. The van der Waals surface area contributed by atoms with Crippen LogP contribution in [0.3, 0.4) is 0 Å². The van der Waals surface area contributed by atoms with Gasteiger partial charge in [-0.05, 0) is 56.4 Å². The van der Waals surface area contributed by atoms with Gasteiger partial charge in [-0.2, -0.15) is 13.5 Å². The summed E-state index contributed by atoms with van der Waals surface area (Å²) in [6.45, 7) is 11.3. The number of nitrogens with one attached hydrogen (secondary N) is 2. The van der Waals surface area contributed by atoms with Gasteiger partial charge in [0, 0.05) is 22.6 Å². The molecule has 49 heavy (non-hydrogen) atoms. The molecule has 1 saturated heterocycles. The lowest BCUT2D eigenvalue weighted by atomic mass is 10.0. The molecular formula is C30H38N8O9S2. The number of rotatable bonds is 13. The number of aromatic hydroxyl groups is 2. The van der Waals surface area contributed by atoms with E-state index in [2.05, 4.69) is 51.7 Å². The standard InChI is InChI=1S/C24H23N7O9S2.C6H15N/c1-12-19(23(36)31(12)42(37,38)39)28-22(35)20(17-11-41-24(25)27-17)30-40-10-13-2-4-14(5-3-13)21(34)29-26-9-15-6-7-16(32)8-18(15)33;1-4-7(5-2)6-3/h2-9,11-12,19,32-33H,10H2,1H3,(H2,25,27)(H,28,35)(H,29,34)(H,37,38,39);4-6H2,1-3H3/b26-9+,30-20-;/t12-,19-;/m0./s1. The van der Waals surface area contributed by atoms with Crippen molar-refractivity contribution < 1.29 is 42.4 Å². The van der Waals surface area contributed by atoms with Gasteiger partial charge in [-0.25, -0.2) is 14.7 Å². The van der Waals surface area contributed by atoms with Gasteiger partial charge >= 0.3 is 10.3 Å². The first kappa shape index (κ1) is 38.3. The van der Waals surface area contributed by atoms with Crippen molar-refractivity contribution >= 4 is 56.4 Å². The quantitative estimate of drug-likeness (QED) is 0.0640. The minimum atomic E-state index is -4.77. The minimum absolute atomic E-state index is 0.0502. The Bertz CT molecular complexity index is 1790. The van der Waals surface area contributed by atoms with E-state index in [1.165, 1.54) is 62.4 Å². The topological polar surface area (TPSA) is 249 Å². The number of carbonyl (C=O) groups excluding carboxylic acids is 3. The van der Waals surface area contributed by atoms with E-state index in [9.17, 15) is 33.0 Å². The molecule has 0 bridgehead atoms. The second kappa shape index (κ2) is 17.3. The lowest BCUT2D eigenvalue weighted by molar-refractivity contribution is -0.143. The van der Waals surface area contributed by atoms with Crippen LogP contribution in [0.1, 0.15) is 54.9 Å². The number of thiazole rings is 1. The zero-order chi connectivity index (χ0) is 36.3. The number of anilines is 1. The van der Waals surface area contributed by atoms with Gasteiger partial charge in [-0.3, -0.25) is 18.9 Å². The molecule has 2 aromatic carbocycles. The van der Waals surface area contributed by atoms with Crippen LogP contribution < -0.4 is 16.5 Å². The summed E-state index contributed by atoms with van der Waals surface area (Å²) in [5, 5.41) is 30.6. The van der Waals surface area contributed by atoms with Crippen LogP contribution in [-0.4, -0.2) is 98.7 Å². The molecule has 1 fully saturated rings. The molecule has 1 aromatic heterocycles. The number of phenols is 2. The number of hydrogen-bond donors (Lipinski definition) is 6. The van der Waals surface area contributed by atoms with Gasteiger partial charge in [0.25, 0.3) is 17.7 Å². The molecule has 2 atom stereocenters. The monoisotopic (exact) mass is 718 g/mol. The Labute approximate surface area is 287 Å². The van der Waals surface area contributed by atoms with Crippen molar-refractivity contribution in [1.29, 1.82) is 0 Å². The summed E-state index contributed by atoms with van der Waals surface area (Å²) in [5.74, 6) is -2.79. The molecule has 3 aromatic rings. The Morgan fingerprint density at radius 3 is 2.29 bits per heavy atom. The van der Waals surface area contributed by atoms with Crippen LogP contribution in [0.5, 0.6) is 11.5 Å². The van der Waals surface area contributed by atoms with Gasteiger partial charge in [-0.15, -0.1) is 11.3 Å². The van der Waals surface area contributed by atoms with Crippen LogP contribution >= 0.6 is 11.3 Å². The number of nitrogens with two attached hydrogens (primary N) is 1. The molecule has 264 valence electrons. The highest BCUT2D eigenvalue weighted by Gasteiger charge is 2.51. The van der Waals surface area contributed by atoms with E-state index < -0.39 is 40.1 Å². The van der Waals surface area contributed by atoms with E-state index in [1.807, 2.05) is 0 Å². The fourth-order valence-electron chi connectivity index (χ4n) is 4.37. The fraction of sp³-hybridized carbons (Fsp3) is 0.333. The Balaban J connectivity index is 0.000000838. The largest absolute Gasteiger partial charge is 0.508 e. The average molecular weight is 719 g/mol. The van der Waals surface area contributed by atoms with Crippen LogP contribution in [-0.2, 0) is 31.3 Å². The molecule has 0 unspecified atom stereocenters. The van der Waals surface area contributed by atoms with E-state index in [-0.39, 0.29) is 50.1 Å². The van der Waals surface area contributed by atoms with Crippen molar-refractivity contribution in [1.82, 2.24) is 24.9 Å². The predicted octanol–water partition coefficient (Wildman–Crippen LogP) is 1.69. The van der Waals surface area contributed by atoms with E-state index in [4.69, 9.17) is 15.1 Å². The molecule has 0 spiro atoms. The second-order valence-electron chi connectivity index (χ2n) is 10.3. The predicted molar refractivity (Wildman–Crippen MR) is 182 cm³/mol. The summed E-state index contributed by atoms with van der Waals surface area (Å²) in [7, 11) is -4.77. The first-order chi connectivity index (χ1) is 23.2. The average Bonchev–Trinajstić information content (AvgIpc) is 3.49. The van der Waals surface area contributed by atoms with Crippen molar-refractivity contribution in [3.8, 4) is 11.5 Å². The highest BCUT2D eigenvalue weighted by Crippen LogP contribution is 2.23. The number of β-lactam (4-membered cyclic amide) rings is 1. The zero-order valence-corrected chi connectivity index (χ0v) is 28.7. The highest BCUT2D eigenvalue weighted by atomic mass is 32.2. The van der Waals surface area contributed by atoms with Crippen molar-refractivity contribution in [3.05, 3.63) is 70.2 Å². The molecular weight excluding hydrogens is 681 g/mol. The Morgan fingerprint density at radius 1 is 1.12 bits per heavy atom. The van der Waals surface area contributed by atoms with E-state index in [0.29, 0.717) is 5.56 Å². The molecule has 3 amide bonds. The maximum absolute atomic E-state index is 12.9. The van der Waals surface area contributed by atoms with E-state index in [0.717, 1.165) is 17.4 Å². The second-order valence-corrected chi connectivity index (χ2v) is 12.5. The number of phenolic OH excluding ortho intramolecular Hbond substituents is 2. The molecule has 17 nitrogen and oxygen atoms in total. The molecule has 2 heterocycles. The molecule has 0 saturated carbocycles. The Kier molecular flexibility index (Phi) is 13.6. The van der Waals surface area contributed by atoms with Crippen molar-refractivity contribution in [2.24, 2.45) is 10.3 Å². The van der Waals surface area contributed by atoms with E-state index >= 15 is 0 Å². The van der Waals surface area contributed by atoms with Gasteiger partial charge in [0.15, 0.2) is 10.8 Å². The maximum Gasteiger partial charge on any atom is 0.362 e. The number of aromatic nitrogens is 1. The molecule has 1 aliphatic rings. The number of nitrogen functional groups attached to an aromatic ring is 1. The van der Waals surface area contributed by atoms with Gasteiger partial charge < -0.3 is 31.0 Å². The first-order valence-electron chi connectivity index (χ1n) is 14.9. The molecule has 0 aliphatic carbocycles. The van der Waals surface area contributed by atoms with Crippen molar-refractivity contribution in [3.63, 3.8) is 0 Å². The van der Waals surface area contributed by atoms with Crippen LogP contribution in [0.4, 0.5) is 5.13 Å². The summed E-state index contributed by atoms with van der Waals surface area (Å²) >= 11 is 1.03. The van der Waals surface area contributed by atoms with Crippen molar-refractivity contribution in [2.45, 2.75) is 46.4 Å². The fourth-order valence-corrected chi connectivity index (χ4v) is 5.81. The third kappa shape index (κ3) is 10.4. The number of carbonyl (C=O) groups is 3. The number of hydrazone groups is 1. The lowest BCUT2D eigenvalue weighted by Gasteiger charge is -2.42. The summed E-state index contributed by atoms with van der Waals surface area (Å²) in [5.41, 5.74) is 8.79. The minimum Gasteiger partial charge on any atom is -0.508 e. The zero-order valence-electron chi connectivity index (χ0n) is 27.1. The number of nitrogens with zero attached hydrogens (tertiary/aromatic N) is 5. The van der Waals surface area contributed by atoms with E-state index in [1.54, 1.807) is 12.1 Å². The third-order valence-electron chi connectivity index (χ3n) is 7.18. The number of oxime groups is 1. The molecule has 4 rings (SSSR count).